The normalized spacial score (nSPS) is 17.9. The Morgan fingerprint density at radius 1 is 0.800 bits per heavy atom. The SMILES string of the molecule is CCC[C@H]1CC[C@H](c2ccc(OCCC[Si](OC(=O)CC)(OC(=O)CC)OC(=O)CC)cc2)CC1. The van der Waals surface area contributed by atoms with Gasteiger partial charge in [-0.05, 0) is 61.6 Å². The smallest absolute Gasteiger partial charge is 0.494 e. The van der Waals surface area contributed by atoms with Crippen molar-refractivity contribution in [3.8, 4) is 5.75 Å². The molecular formula is C27H42O7Si. The van der Waals surface area contributed by atoms with Crippen LogP contribution in [0.4, 0.5) is 0 Å². The van der Waals surface area contributed by atoms with Crippen LogP contribution in [0.15, 0.2) is 24.3 Å². The zero-order valence-corrected chi connectivity index (χ0v) is 22.8. The standard InChI is InChI=1S/C27H42O7Si/c1-5-10-21-11-13-22(14-12-21)23-15-17-24(18-16-23)31-19-9-20-35(32-25(28)6-2,33-26(29)7-3)34-27(30)8-4/h15-18,21-22H,5-14,19-20H2,1-4H3/t21-,22-. The summed E-state index contributed by atoms with van der Waals surface area (Å²) in [4.78, 5) is 36.1. The van der Waals surface area contributed by atoms with Crippen LogP contribution in [0.3, 0.4) is 0 Å². The predicted octanol–water partition coefficient (Wildman–Crippen LogP) is 6.33. The largest absolute Gasteiger partial charge is 0.705 e. The van der Waals surface area contributed by atoms with Crippen LogP contribution < -0.4 is 4.74 Å². The highest BCUT2D eigenvalue weighted by Crippen LogP contribution is 2.37. The third-order valence-corrected chi connectivity index (χ3v) is 9.05. The number of benzene rings is 1. The van der Waals surface area contributed by atoms with Gasteiger partial charge in [-0.2, -0.15) is 0 Å². The van der Waals surface area contributed by atoms with Gasteiger partial charge in [-0.25, -0.2) is 0 Å². The maximum absolute atomic E-state index is 12.0. The van der Waals surface area contributed by atoms with Crippen molar-refractivity contribution in [2.24, 2.45) is 5.92 Å². The van der Waals surface area contributed by atoms with Crippen LogP contribution in [-0.2, 0) is 27.7 Å². The second-order valence-electron chi connectivity index (χ2n) is 9.19. The molecule has 0 aromatic heterocycles. The molecule has 35 heavy (non-hydrogen) atoms. The van der Waals surface area contributed by atoms with Gasteiger partial charge in [0.05, 0.1) is 12.7 Å². The molecule has 1 aliphatic carbocycles. The maximum atomic E-state index is 12.0. The van der Waals surface area contributed by atoms with Crippen molar-refractivity contribution in [1.29, 1.82) is 0 Å². The predicted molar refractivity (Wildman–Crippen MR) is 136 cm³/mol. The molecule has 1 fully saturated rings. The first-order valence-corrected chi connectivity index (χ1v) is 15.2. The summed E-state index contributed by atoms with van der Waals surface area (Å²) in [6.45, 7) is 7.48. The number of hydrogen-bond donors (Lipinski definition) is 0. The lowest BCUT2D eigenvalue weighted by Crippen LogP contribution is -2.50. The van der Waals surface area contributed by atoms with Crippen molar-refractivity contribution in [3.05, 3.63) is 29.8 Å². The van der Waals surface area contributed by atoms with Crippen molar-refractivity contribution in [3.63, 3.8) is 0 Å². The molecule has 0 heterocycles. The lowest BCUT2D eigenvalue weighted by Gasteiger charge is -2.28. The molecule has 0 atom stereocenters. The minimum absolute atomic E-state index is 0.0885. The summed E-state index contributed by atoms with van der Waals surface area (Å²) in [5.74, 6) is 0.569. The number of ether oxygens (including phenoxy) is 1. The van der Waals surface area contributed by atoms with Gasteiger partial charge < -0.3 is 18.0 Å². The van der Waals surface area contributed by atoms with Crippen molar-refractivity contribution < 1.29 is 32.4 Å². The van der Waals surface area contributed by atoms with Gasteiger partial charge in [-0.15, -0.1) is 0 Å². The van der Waals surface area contributed by atoms with Gasteiger partial charge in [0.1, 0.15) is 5.75 Å². The molecular weight excluding hydrogens is 464 g/mol. The Bertz CT molecular complexity index is 755. The summed E-state index contributed by atoms with van der Waals surface area (Å²) in [7, 11) is -3.86. The van der Waals surface area contributed by atoms with Gasteiger partial charge in [0.2, 0.25) is 0 Å². The zero-order valence-electron chi connectivity index (χ0n) is 21.8. The fourth-order valence-corrected chi connectivity index (χ4v) is 6.94. The number of carbonyl (C=O) groups excluding carboxylic acids is 3. The minimum Gasteiger partial charge on any atom is -0.494 e. The van der Waals surface area contributed by atoms with Crippen molar-refractivity contribution in [2.45, 2.75) is 104 Å². The van der Waals surface area contributed by atoms with Gasteiger partial charge in [-0.3, -0.25) is 14.4 Å². The van der Waals surface area contributed by atoms with E-state index in [2.05, 4.69) is 19.1 Å². The molecule has 7 nitrogen and oxygen atoms in total. The molecule has 0 N–H and O–H groups in total. The highest BCUT2D eigenvalue weighted by atomic mass is 28.4. The number of carbonyl (C=O) groups is 3. The van der Waals surface area contributed by atoms with Crippen LogP contribution in [0.25, 0.3) is 0 Å². The molecule has 1 aromatic carbocycles. The molecule has 0 spiro atoms. The van der Waals surface area contributed by atoms with E-state index >= 15 is 0 Å². The summed E-state index contributed by atoms with van der Waals surface area (Å²) in [5.41, 5.74) is 1.36. The molecule has 0 amide bonds. The van der Waals surface area contributed by atoms with Crippen LogP contribution in [-0.4, -0.2) is 33.3 Å². The van der Waals surface area contributed by atoms with Gasteiger partial charge in [0, 0.05) is 19.3 Å². The summed E-state index contributed by atoms with van der Waals surface area (Å²) < 4.78 is 22.2. The average Bonchev–Trinajstić information content (AvgIpc) is 2.87. The van der Waals surface area contributed by atoms with Crippen LogP contribution in [0.2, 0.25) is 6.04 Å². The van der Waals surface area contributed by atoms with Crippen molar-refractivity contribution >= 4 is 26.7 Å². The molecule has 1 aliphatic rings. The van der Waals surface area contributed by atoms with Crippen LogP contribution in [0.1, 0.15) is 103 Å². The molecule has 1 saturated carbocycles. The highest BCUT2D eigenvalue weighted by Gasteiger charge is 2.52. The minimum atomic E-state index is -3.86. The Kier molecular flexibility index (Phi) is 12.3. The van der Waals surface area contributed by atoms with E-state index in [0.29, 0.717) is 18.9 Å². The van der Waals surface area contributed by atoms with Gasteiger partial charge >= 0.3 is 8.80 Å². The maximum Gasteiger partial charge on any atom is 0.705 e. The third kappa shape index (κ3) is 9.66. The molecule has 0 aliphatic heterocycles. The topological polar surface area (TPSA) is 88.1 Å². The second-order valence-corrected chi connectivity index (χ2v) is 11.7. The summed E-state index contributed by atoms with van der Waals surface area (Å²) in [6, 6.07) is 8.39. The van der Waals surface area contributed by atoms with E-state index < -0.39 is 26.7 Å². The summed E-state index contributed by atoms with van der Waals surface area (Å²) >= 11 is 0. The third-order valence-electron chi connectivity index (χ3n) is 6.47. The molecule has 1 aromatic rings. The van der Waals surface area contributed by atoms with Crippen molar-refractivity contribution in [2.75, 3.05) is 6.61 Å². The zero-order chi connectivity index (χ0) is 25.7. The van der Waals surface area contributed by atoms with E-state index in [4.69, 9.17) is 18.0 Å². The number of rotatable bonds is 14. The summed E-state index contributed by atoms with van der Waals surface area (Å²) in [6.07, 6.45) is 8.42. The Morgan fingerprint density at radius 3 is 1.77 bits per heavy atom. The van der Waals surface area contributed by atoms with E-state index in [1.165, 1.54) is 44.1 Å². The molecule has 8 heteroatoms. The lowest BCUT2D eigenvalue weighted by atomic mass is 9.77. The fraction of sp³-hybridized carbons (Fsp3) is 0.667. The molecule has 196 valence electrons. The second kappa shape index (κ2) is 14.9. The monoisotopic (exact) mass is 506 g/mol. The first-order chi connectivity index (χ1) is 16.8. The quantitative estimate of drug-likeness (QED) is 0.215. The van der Waals surface area contributed by atoms with E-state index in [9.17, 15) is 14.4 Å². The van der Waals surface area contributed by atoms with E-state index in [0.717, 1.165) is 11.7 Å². The molecule has 0 unspecified atom stereocenters. The molecule has 2 rings (SSSR count). The first kappa shape index (κ1) is 28.9. The Hall–Kier alpha value is -2.35. The van der Waals surface area contributed by atoms with Crippen LogP contribution in [0.5, 0.6) is 5.75 Å². The molecule has 0 radical (unpaired) electrons. The number of hydrogen-bond acceptors (Lipinski definition) is 7. The average molecular weight is 507 g/mol. The molecule has 0 saturated heterocycles. The van der Waals surface area contributed by atoms with E-state index in [1.54, 1.807) is 20.8 Å². The summed E-state index contributed by atoms with van der Waals surface area (Å²) in [5, 5.41) is 0. The fourth-order valence-electron chi connectivity index (χ4n) is 4.46. The van der Waals surface area contributed by atoms with Gasteiger partial charge in [0.15, 0.2) is 0 Å². The van der Waals surface area contributed by atoms with E-state index in [-0.39, 0.29) is 25.3 Å². The Labute approximate surface area is 211 Å². The lowest BCUT2D eigenvalue weighted by molar-refractivity contribution is -0.150. The Morgan fingerprint density at radius 2 is 1.31 bits per heavy atom. The Balaban J connectivity index is 1.93. The van der Waals surface area contributed by atoms with Gasteiger partial charge in [0.25, 0.3) is 17.9 Å². The van der Waals surface area contributed by atoms with Gasteiger partial charge in [-0.1, -0.05) is 52.7 Å². The molecule has 0 bridgehead atoms. The van der Waals surface area contributed by atoms with E-state index in [1.807, 2.05) is 12.1 Å². The first-order valence-electron chi connectivity index (χ1n) is 13.2. The highest BCUT2D eigenvalue weighted by molar-refractivity contribution is 6.65. The van der Waals surface area contributed by atoms with Crippen molar-refractivity contribution in [1.82, 2.24) is 0 Å². The van der Waals surface area contributed by atoms with Crippen LogP contribution >= 0.6 is 0 Å². The van der Waals surface area contributed by atoms with Crippen LogP contribution in [0, 0.1) is 5.92 Å².